The highest BCUT2D eigenvalue weighted by molar-refractivity contribution is 7.99. The summed E-state index contributed by atoms with van der Waals surface area (Å²) in [5, 5.41) is 9.50. The number of hydrogen-bond acceptors (Lipinski definition) is 4. The lowest BCUT2D eigenvalue weighted by molar-refractivity contribution is -0.128. The third-order valence-corrected chi connectivity index (χ3v) is 4.44. The molecule has 4 nitrogen and oxygen atoms in total. The summed E-state index contributed by atoms with van der Waals surface area (Å²) < 4.78 is 13.0. The third-order valence-electron chi connectivity index (χ3n) is 3.53. The van der Waals surface area contributed by atoms with Crippen molar-refractivity contribution in [1.82, 2.24) is 9.88 Å². The Hall–Kier alpha value is -2.39. The van der Waals surface area contributed by atoms with Crippen molar-refractivity contribution < 1.29 is 9.18 Å². The van der Waals surface area contributed by atoms with Gasteiger partial charge in [-0.15, -0.1) is 0 Å². The lowest BCUT2D eigenvalue weighted by Crippen LogP contribution is -2.31. The Morgan fingerprint density at radius 3 is 2.74 bits per heavy atom. The van der Waals surface area contributed by atoms with E-state index in [1.165, 1.54) is 23.9 Å². The van der Waals surface area contributed by atoms with Crippen molar-refractivity contribution in [1.29, 1.82) is 5.26 Å². The summed E-state index contributed by atoms with van der Waals surface area (Å²) >= 11 is 1.29. The number of halogens is 1. The molecule has 0 radical (unpaired) electrons. The van der Waals surface area contributed by atoms with E-state index in [-0.39, 0.29) is 23.5 Å². The van der Waals surface area contributed by atoms with Crippen LogP contribution in [0.5, 0.6) is 0 Å². The number of thioether (sulfide) groups is 1. The van der Waals surface area contributed by atoms with Gasteiger partial charge < -0.3 is 4.90 Å². The fraction of sp³-hybridized carbons (Fsp3) is 0.235. The summed E-state index contributed by atoms with van der Waals surface area (Å²) in [6, 6.07) is 11.3. The molecule has 0 fully saturated rings. The number of carbonyl (C=O) groups is 1. The molecule has 2 rings (SSSR count). The van der Waals surface area contributed by atoms with E-state index in [0.717, 1.165) is 5.56 Å². The van der Waals surface area contributed by atoms with Gasteiger partial charge >= 0.3 is 0 Å². The van der Waals surface area contributed by atoms with Gasteiger partial charge in [-0.3, -0.25) is 4.79 Å². The van der Waals surface area contributed by atoms with Gasteiger partial charge in [-0.25, -0.2) is 9.37 Å². The zero-order chi connectivity index (χ0) is 16.8. The van der Waals surface area contributed by atoms with Gasteiger partial charge in [0.1, 0.15) is 5.82 Å². The van der Waals surface area contributed by atoms with E-state index in [4.69, 9.17) is 5.26 Å². The summed E-state index contributed by atoms with van der Waals surface area (Å²) in [5.41, 5.74) is 1.39. The van der Waals surface area contributed by atoms with E-state index < -0.39 is 0 Å². The van der Waals surface area contributed by atoms with Gasteiger partial charge in [0.15, 0.2) is 0 Å². The maximum Gasteiger partial charge on any atom is 0.233 e. The molecule has 0 aliphatic carbocycles. The smallest absolute Gasteiger partial charge is 0.233 e. The van der Waals surface area contributed by atoms with Gasteiger partial charge in [0.2, 0.25) is 5.91 Å². The Labute approximate surface area is 139 Å². The number of hydrogen-bond donors (Lipinski definition) is 0. The molecule has 0 spiro atoms. The molecule has 1 aromatic carbocycles. The SMILES string of the molecule is C[C@H](c1ccc(F)cc1)N(C)C(=O)CSc1cc(C#N)ccn1. The first kappa shape index (κ1) is 17.0. The summed E-state index contributed by atoms with van der Waals surface area (Å²) in [5.74, 6) is -0.130. The summed E-state index contributed by atoms with van der Waals surface area (Å²) in [6.07, 6.45) is 1.55. The Morgan fingerprint density at radius 2 is 2.09 bits per heavy atom. The van der Waals surface area contributed by atoms with E-state index >= 15 is 0 Å². The molecule has 118 valence electrons. The molecule has 0 saturated carbocycles. The number of nitriles is 1. The first-order valence-electron chi connectivity index (χ1n) is 7.01. The van der Waals surface area contributed by atoms with Gasteiger partial charge in [0.05, 0.1) is 28.5 Å². The minimum atomic E-state index is -0.297. The molecule has 0 unspecified atom stereocenters. The Bertz CT molecular complexity index is 727. The van der Waals surface area contributed by atoms with Crippen molar-refractivity contribution >= 4 is 17.7 Å². The van der Waals surface area contributed by atoms with E-state index in [1.807, 2.05) is 13.0 Å². The van der Waals surface area contributed by atoms with Crippen molar-refractivity contribution in [3.63, 3.8) is 0 Å². The molecule has 0 aliphatic heterocycles. The van der Waals surface area contributed by atoms with Crippen LogP contribution in [0, 0.1) is 17.1 Å². The van der Waals surface area contributed by atoms with E-state index in [9.17, 15) is 9.18 Å². The van der Waals surface area contributed by atoms with Crippen molar-refractivity contribution in [3.8, 4) is 6.07 Å². The van der Waals surface area contributed by atoms with Gasteiger partial charge in [-0.2, -0.15) is 5.26 Å². The van der Waals surface area contributed by atoms with Crippen LogP contribution in [0.2, 0.25) is 0 Å². The van der Waals surface area contributed by atoms with Crippen molar-refractivity contribution in [3.05, 3.63) is 59.5 Å². The Kier molecular flexibility index (Phi) is 5.72. The first-order chi connectivity index (χ1) is 11.0. The molecule has 0 N–H and O–H groups in total. The number of amides is 1. The summed E-state index contributed by atoms with van der Waals surface area (Å²) in [7, 11) is 1.72. The molecule has 23 heavy (non-hydrogen) atoms. The topological polar surface area (TPSA) is 57.0 Å². The van der Waals surface area contributed by atoms with Crippen LogP contribution in [-0.4, -0.2) is 28.6 Å². The fourth-order valence-corrected chi connectivity index (χ4v) is 2.80. The zero-order valence-electron chi connectivity index (χ0n) is 12.9. The second kappa shape index (κ2) is 7.75. The van der Waals surface area contributed by atoms with Crippen molar-refractivity contribution in [2.75, 3.05) is 12.8 Å². The highest BCUT2D eigenvalue weighted by Crippen LogP contribution is 2.22. The van der Waals surface area contributed by atoms with Crippen LogP contribution in [0.3, 0.4) is 0 Å². The van der Waals surface area contributed by atoms with Gasteiger partial charge in [-0.1, -0.05) is 23.9 Å². The van der Waals surface area contributed by atoms with E-state index in [2.05, 4.69) is 4.98 Å². The van der Waals surface area contributed by atoms with Gasteiger partial charge in [-0.05, 0) is 36.8 Å². The highest BCUT2D eigenvalue weighted by atomic mass is 32.2. The number of pyridine rings is 1. The summed E-state index contributed by atoms with van der Waals surface area (Å²) in [4.78, 5) is 18.0. The second-order valence-electron chi connectivity index (χ2n) is 5.02. The fourth-order valence-electron chi connectivity index (χ4n) is 1.98. The van der Waals surface area contributed by atoms with Crippen LogP contribution in [0.1, 0.15) is 24.1 Å². The number of carbonyl (C=O) groups excluding carboxylic acids is 1. The Balaban J connectivity index is 1.96. The maximum atomic E-state index is 13.0. The molecule has 0 saturated heterocycles. The molecule has 0 bridgehead atoms. The minimum Gasteiger partial charge on any atom is -0.338 e. The number of aromatic nitrogens is 1. The van der Waals surface area contributed by atoms with Gasteiger partial charge in [0, 0.05) is 13.2 Å². The largest absolute Gasteiger partial charge is 0.338 e. The zero-order valence-corrected chi connectivity index (χ0v) is 13.7. The van der Waals surface area contributed by atoms with E-state index in [1.54, 1.807) is 42.4 Å². The molecule has 1 aromatic heterocycles. The highest BCUT2D eigenvalue weighted by Gasteiger charge is 2.17. The van der Waals surface area contributed by atoms with Crippen molar-refractivity contribution in [2.45, 2.75) is 18.0 Å². The lowest BCUT2D eigenvalue weighted by atomic mass is 10.1. The molecular formula is C17H16FN3OS. The average Bonchev–Trinajstić information content (AvgIpc) is 2.59. The van der Waals surface area contributed by atoms with Crippen LogP contribution < -0.4 is 0 Å². The summed E-state index contributed by atoms with van der Waals surface area (Å²) in [6.45, 7) is 1.89. The third kappa shape index (κ3) is 4.54. The van der Waals surface area contributed by atoms with Crippen LogP contribution >= 0.6 is 11.8 Å². The predicted octanol–water partition coefficient (Wildman–Crippen LogP) is 3.40. The van der Waals surface area contributed by atoms with Crippen LogP contribution in [0.4, 0.5) is 4.39 Å². The number of benzene rings is 1. The van der Waals surface area contributed by atoms with Crippen LogP contribution in [-0.2, 0) is 4.79 Å². The first-order valence-corrected chi connectivity index (χ1v) is 8.00. The molecule has 2 aromatic rings. The van der Waals surface area contributed by atoms with Gasteiger partial charge in [0.25, 0.3) is 0 Å². The van der Waals surface area contributed by atoms with Crippen LogP contribution in [0.15, 0.2) is 47.6 Å². The Morgan fingerprint density at radius 1 is 1.39 bits per heavy atom. The maximum absolute atomic E-state index is 13.0. The molecule has 1 amide bonds. The normalized spacial score (nSPS) is 11.6. The van der Waals surface area contributed by atoms with Crippen LogP contribution in [0.25, 0.3) is 0 Å². The molecule has 1 atom stereocenters. The molecule has 0 aliphatic rings. The molecule has 1 heterocycles. The number of nitrogens with zero attached hydrogens (tertiary/aromatic N) is 3. The molecule has 6 heteroatoms. The predicted molar refractivity (Wildman–Crippen MR) is 87.3 cm³/mol. The quantitative estimate of drug-likeness (QED) is 0.789. The number of rotatable bonds is 5. The lowest BCUT2D eigenvalue weighted by Gasteiger charge is -2.25. The second-order valence-corrected chi connectivity index (χ2v) is 6.01. The van der Waals surface area contributed by atoms with Crippen molar-refractivity contribution in [2.24, 2.45) is 0 Å². The minimum absolute atomic E-state index is 0.0593. The molecular weight excluding hydrogens is 313 g/mol. The standard InChI is InChI=1S/C17H16FN3OS/c1-12(14-3-5-15(18)6-4-14)21(2)17(22)11-23-16-9-13(10-19)7-8-20-16/h3-9,12H,11H2,1-2H3/t12-/m1/s1. The van der Waals surface area contributed by atoms with E-state index in [0.29, 0.717) is 10.6 Å². The average molecular weight is 329 g/mol. The monoisotopic (exact) mass is 329 g/mol.